The molecule has 1 fully saturated rings. The van der Waals surface area contributed by atoms with Gasteiger partial charge in [0.25, 0.3) is 5.91 Å². The van der Waals surface area contributed by atoms with Crippen LogP contribution in [0, 0.1) is 23.7 Å². The molecule has 1 aromatic rings. The summed E-state index contributed by atoms with van der Waals surface area (Å²) in [5.41, 5.74) is 0.921. The van der Waals surface area contributed by atoms with E-state index in [2.05, 4.69) is 16.8 Å². The van der Waals surface area contributed by atoms with Gasteiger partial charge in [-0.3, -0.25) is 4.79 Å². The summed E-state index contributed by atoms with van der Waals surface area (Å²) < 4.78 is 31.2. The average molecular weight is 464 g/mol. The van der Waals surface area contributed by atoms with Crippen molar-refractivity contribution in [2.45, 2.75) is 51.7 Å². The molecule has 0 spiro atoms. The lowest BCUT2D eigenvalue weighted by atomic mass is 10.00. The minimum absolute atomic E-state index is 0.125. The van der Waals surface area contributed by atoms with Crippen LogP contribution in [0.5, 0.6) is 5.88 Å². The van der Waals surface area contributed by atoms with Crippen molar-refractivity contribution in [2.24, 2.45) is 11.8 Å². The van der Waals surface area contributed by atoms with Gasteiger partial charge in [-0.25, -0.2) is 17.7 Å². The van der Waals surface area contributed by atoms with Crippen LogP contribution >= 0.6 is 0 Å². The number of nitrogens with zero attached hydrogens (tertiary/aromatic N) is 3. The third kappa shape index (κ3) is 5.80. The van der Waals surface area contributed by atoms with E-state index in [-0.39, 0.29) is 36.4 Å². The Kier molecular flexibility index (Phi) is 7.80. The molecular weight excluding hydrogens is 430 g/mol. The lowest BCUT2D eigenvalue weighted by Crippen LogP contribution is -2.50. The van der Waals surface area contributed by atoms with Gasteiger partial charge in [-0.1, -0.05) is 31.6 Å². The quantitative estimate of drug-likeness (QED) is 0.668. The van der Waals surface area contributed by atoms with Crippen LogP contribution in [0.1, 0.15) is 55.5 Å². The number of aromatic nitrogens is 1. The Labute approximate surface area is 191 Å². The first-order chi connectivity index (χ1) is 15.1. The minimum Gasteiger partial charge on any atom is -0.472 e. The molecule has 32 heavy (non-hydrogen) atoms. The number of carbonyl (C=O) groups is 1. The third-order valence-electron chi connectivity index (χ3n) is 6.30. The Morgan fingerprint density at radius 2 is 2.06 bits per heavy atom. The van der Waals surface area contributed by atoms with E-state index < -0.39 is 22.2 Å². The van der Waals surface area contributed by atoms with Crippen molar-refractivity contribution >= 4 is 15.9 Å². The fourth-order valence-electron chi connectivity index (χ4n) is 4.03. The molecule has 9 heteroatoms. The molecule has 2 heterocycles. The Morgan fingerprint density at radius 3 is 2.69 bits per heavy atom. The monoisotopic (exact) mass is 463 g/mol. The van der Waals surface area contributed by atoms with Gasteiger partial charge in [0.2, 0.25) is 15.9 Å². The average Bonchev–Trinajstić information content (AvgIpc) is 3.27. The second kappa shape index (κ2) is 10.2. The van der Waals surface area contributed by atoms with Crippen molar-refractivity contribution in [3.05, 3.63) is 23.4 Å². The van der Waals surface area contributed by atoms with E-state index in [1.165, 1.54) is 24.2 Å². The second-order valence-electron chi connectivity index (χ2n) is 8.99. The molecule has 1 aromatic heterocycles. The summed E-state index contributed by atoms with van der Waals surface area (Å²) in [5, 5.41) is 9.73. The number of ether oxygens (including phenoxy) is 1. The Bertz CT molecular complexity index is 995. The summed E-state index contributed by atoms with van der Waals surface area (Å²) in [6.07, 6.45) is 6.82. The van der Waals surface area contributed by atoms with Crippen LogP contribution < -0.4 is 4.74 Å². The summed E-state index contributed by atoms with van der Waals surface area (Å²) in [7, 11) is -1.90. The van der Waals surface area contributed by atoms with E-state index in [1.807, 2.05) is 6.92 Å². The molecule has 1 saturated carbocycles. The number of likely N-dealkylation sites (N-methyl/N-ethyl adjacent to an activating group) is 1. The van der Waals surface area contributed by atoms with Crippen LogP contribution in [0.4, 0.5) is 0 Å². The first kappa shape index (κ1) is 24.5. The summed E-state index contributed by atoms with van der Waals surface area (Å²) in [6, 6.07) is 1.29. The fourth-order valence-corrected chi connectivity index (χ4v) is 4.45. The molecule has 1 aliphatic carbocycles. The van der Waals surface area contributed by atoms with E-state index in [9.17, 15) is 18.3 Å². The van der Waals surface area contributed by atoms with Gasteiger partial charge in [0.05, 0.1) is 25.4 Å². The molecule has 1 N–H and O–H groups in total. The van der Waals surface area contributed by atoms with Gasteiger partial charge in [0.1, 0.15) is 11.7 Å². The summed E-state index contributed by atoms with van der Waals surface area (Å²) in [6.45, 7) is 3.94. The zero-order valence-electron chi connectivity index (χ0n) is 19.2. The molecule has 1 amide bonds. The molecule has 1 aliphatic heterocycles. The zero-order chi connectivity index (χ0) is 23.5. The van der Waals surface area contributed by atoms with Crippen LogP contribution in [0.3, 0.4) is 0 Å². The van der Waals surface area contributed by atoms with Crippen molar-refractivity contribution in [1.29, 1.82) is 0 Å². The summed E-state index contributed by atoms with van der Waals surface area (Å²) in [4.78, 5) is 19.4. The van der Waals surface area contributed by atoms with Gasteiger partial charge in [-0.2, -0.15) is 0 Å². The molecule has 0 aromatic carbocycles. The third-order valence-corrected chi connectivity index (χ3v) is 7.58. The van der Waals surface area contributed by atoms with Crippen molar-refractivity contribution in [3.63, 3.8) is 0 Å². The van der Waals surface area contributed by atoms with Gasteiger partial charge in [-0.05, 0) is 25.8 Å². The molecule has 176 valence electrons. The lowest BCUT2D eigenvalue weighted by molar-refractivity contribution is 0.0373. The predicted molar refractivity (Wildman–Crippen MR) is 122 cm³/mol. The maximum Gasteiger partial charge on any atom is 0.259 e. The highest BCUT2D eigenvalue weighted by Crippen LogP contribution is 2.28. The second-order valence-corrected chi connectivity index (χ2v) is 11.1. The molecule has 8 nitrogen and oxygen atoms in total. The zero-order valence-corrected chi connectivity index (χ0v) is 20.1. The number of carbonyl (C=O) groups excluding carboxylic acids is 1. The number of pyridine rings is 1. The molecule has 2 aliphatic rings. The molecule has 0 radical (unpaired) electrons. The lowest BCUT2D eigenvalue weighted by Gasteiger charge is -2.37. The number of hydrogen-bond acceptors (Lipinski definition) is 6. The Balaban J connectivity index is 1.97. The van der Waals surface area contributed by atoms with Crippen molar-refractivity contribution in [2.75, 3.05) is 33.0 Å². The highest BCUT2D eigenvalue weighted by atomic mass is 32.2. The van der Waals surface area contributed by atoms with Crippen molar-refractivity contribution < 1.29 is 23.1 Å². The van der Waals surface area contributed by atoms with E-state index in [1.54, 1.807) is 24.1 Å². The number of amides is 1. The molecular formula is C23H33N3O5S. The molecule has 3 rings (SSSR count). The number of hydrogen-bond donors (Lipinski definition) is 1. The summed E-state index contributed by atoms with van der Waals surface area (Å²) >= 11 is 0. The fraction of sp³-hybridized carbons (Fsp3) is 0.652. The van der Waals surface area contributed by atoms with E-state index in [0.717, 1.165) is 19.1 Å². The van der Waals surface area contributed by atoms with Crippen LogP contribution in [0.25, 0.3) is 0 Å². The van der Waals surface area contributed by atoms with Gasteiger partial charge in [0, 0.05) is 37.2 Å². The first-order valence-corrected chi connectivity index (χ1v) is 13.0. The maximum absolute atomic E-state index is 13.4. The topological polar surface area (TPSA) is 100 Å². The smallest absolute Gasteiger partial charge is 0.259 e. The predicted octanol–water partition coefficient (Wildman–Crippen LogP) is 1.73. The first-order valence-electron chi connectivity index (χ1n) is 11.1. The van der Waals surface area contributed by atoms with E-state index >= 15 is 0 Å². The normalized spacial score (nSPS) is 23.1. The van der Waals surface area contributed by atoms with Crippen LogP contribution in [-0.2, 0) is 10.0 Å². The van der Waals surface area contributed by atoms with E-state index in [4.69, 9.17) is 4.74 Å². The maximum atomic E-state index is 13.4. The number of sulfonamides is 1. The van der Waals surface area contributed by atoms with Crippen LogP contribution in [-0.4, -0.2) is 78.8 Å². The van der Waals surface area contributed by atoms with Gasteiger partial charge >= 0.3 is 0 Å². The number of fused-ring (bicyclic) bond motifs is 1. The number of aliphatic hydroxyl groups excluding tert-OH is 1. The number of rotatable bonds is 5. The molecule has 0 unspecified atom stereocenters. The minimum atomic E-state index is -3.40. The van der Waals surface area contributed by atoms with Crippen LogP contribution in [0.15, 0.2) is 12.3 Å². The van der Waals surface area contributed by atoms with Crippen molar-refractivity contribution in [3.8, 4) is 17.7 Å². The standard InChI is InChI=1S/C23H33N3O5S/c1-16-13-26(17(2)15-27)23(28)20-11-19(10-9-18-7-5-6-8-18)12-24-22(20)31-21(16)14-25(3)32(4,29)30/h11-12,16-18,21,27H,5-8,13-15H2,1-4H3/t16-,17-,21+/m0/s1. The SMILES string of the molecule is C[C@H]1CN([C@@H](C)CO)C(=O)c2cc(C#CC3CCCC3)cnc2O[C@@H]1CN(C)S(C)(=O)=O. The largest absolute Gasteiger partial charge is 0.472 e. The molecule has 0 saturated heterocycles. The molecule has 3 atom stereocenters. The van der Waals surface area contributed by atoms with Gasteiger partial charge in [0.15, 0.2) is 0 Å². The van der Waals surface area contributed by atoms with Crippen molar-refractivity contribution in [1.82, 2.24) is 14.2 Å². The summed E-state index contributed by atoms with van der Waals surface area (Å²) in [5.74, 6) is 6.51. The van der Waals surface area contributed by atoms with E-state index in [0.29, 0.717) is 18.0 Å². The Morgan fingerprint density at radius 1 is 1.38 bits per heavy atom. The molecule has 0 bridgehead atoms. The number of aliphatic hydroxyl groups is 1. The van der Waals surface area contributed by atoms with Gasteiger partial charge < -0.3 is 14.7 Å². The highest BCUT2D eigenvalue weighted by molar-refractivity contribution is 7.88. The van der Waals surface area contributed by atoms with Gasteiger partial charge in [-0.15, -0.1) is 0 Å². The highest BCUT2D eigenvalue weighted by Gasteiger charge is 2.35. The Hall–Kier alpha value is -2.15. The van der Waals surface area contributed by atoms with Crippen LogP contribution in [0.2, 0.25) is 0 Å².